The van der Waals surface area contributed by atoms with Crippen LogP contribution in [0, 0.1) is 5.92 Å². The minimum Gasteiger partial charge on any atom is -0.451 e. The fourth-order valence-corrected chi connectivity index (χ4v) is 4.40. The van der Waals surface area contributed by atoms with Crippen LogP contribution >= 0.6 is 11.6 Å². The van der Waals surface area contributed by atoms with Gasteiger partial charge in [0.05, 0.1) is 5.02 Å². The molecule has 0 aliphatic carbocycles. The average Bonchev–Trinajstić information content (AvgIpc) is 2.99. The Labute approximate surface area is 169 Å². The lowest BCUT2D eigenvalue weighted by Crippen LogP contribution is -2.48. The van der Waals surface area contributed by atoms with Crippen LogP contribution in [0.15, 0.2) is 40.8 Å². The van der Waals surface area contributed by atoms with Gasteiger partial charge < -0.3 is 19.1 Å². The van der Waals surface area contributed by atoms with Gasteiger partial charge in [-0.25, -0.2) is 4.79 Å². The molecule has 2 bridgehead atoms. The van der Waals surface area contributed by atoms with Crippen LogP contribution in [0.5, 0.6) is 0 Å². The molecule has 3 fully saturated rings. The summed E-state index contributed by atoms with van der Waals surface area (Å²) in [5, 5.41) is 0.586. The molecule has 148 valence electrons. The van der Waals surface area contributed by atoms with E-state index in [9.17, 15) is 9.59 Å². The molecule has 1 aromatic carbocycles. The SMILES string of the molecule is CN(C)C(=O)N1C[C@H]2CC[C@@H](C1)N(C(=O)c1ccc(-c3ccccc3Cl)o1)C2. The van der Waals surface area contributed by atoms with Gasteiger partial charge in [0.25, 0.3) is 5.91 Å². The minimum atomic E-state index is -0.118. The first-order valence-electron chi connectivity index (χ1n) is 9.56. The Morgan fingerprint density at radius 3 is 2.61 bits per heavy atom. The zero-order chi connectivity index (χ0) is 19.8. The lowest BCUT2D eigenvalue weighted by Gasteiger charge is -2.35. The number of piperidine rings is 1. The zero-order valence-electron chi connectivity index (χ0n) is 16.1. The fourth-order valence-electron chi connectivity index (χ4n) is 4.17. The van der Waals surface area contributed by atoms with E-state index >= 15 is 0 Å². The van der Waals surface area contributed by atoms with Crippen molar-refractivity contribution < 1.29 is 14.0 Å². The molecule has 6 nitrogen and oxygen atoms in total. The Balaban J connectivity index is 1.54. The number of benzene rings is 1. The van der Waals surface area contributed by atoms with E-state index in [0.29, 0.717) is 42.1 Å². The molecule has 3 amide bonds. The molecular formula is C21H24ClN3O3. The number of halogens is 1. The summed E-state index contributed by atoms with van der Waals surface area (Å²) in [6.45, 7) is 1.92. The summed E-state index contributed by atoms with van der Waals surface area (Å²) in [7, 11) is 3.52. The summed E-state index contributed by atoms with van der Waals surface area (Å²) >= 11 is 6.24. The molecule has 5 rings (SSSR count). The number of fused-ring (bicyclic) bond motifs is 4. The number of amides is 3. The summed E-state index contributed by atoms with van der Waals surface area (Å²) in [4.78, 5) is 30.9. The summed E-state index contributed by atoms with van der Waals surface area (Å²) in [5.74, 6) is 1.07. The molecule has 2 aromatic rings. The molecule has 7 heteroatoms. The Bertz CT molecular complexity index is 895. The number of hydrogen-bond donors (Lipinski definition) is 0. The Hall–Kier alpha value is -2.47. The van der Waals surface area contributed by atoms with Crippen molar-refractivity contribution in [1.29, 1.82) is 0 Å². The molecule has 0 saturated carbocycles. The molecule has 28 heavy (non-hydrogen) atoms. The molecular weight excluding hydrogens is 378 g/mol. The topological polar surface area (TPSA) is 57.0 Å². The van der Waals surface area contributed by atoms with E-state index in [-0.39, 0.29) is 18.0 Å². The molecule has 1 aromatic heterocycles. The highest BCUT2D eigenvalue weighted by molar-refractivity contribution is 6.33. The number of hydrogen-bond acceptors (Lipinski definition) is 3. The third-order valence-electron chi connectivity index (χ3n) is 5.58. The van der Waals surface area contributed by atoms with Gasteiger partial charge in [0, 0.05) is 45.3 Å². The van der Waals surface area contributed by atoms with Crippen LogP contribution in [0.25, 0.3) is 11.3 Å². The number of nitrogens with zero attached hydrogens (tertiary/aromatic N) is 3. The van der Waals surface area contributed by atoms with Gasteiger partial charge >= 0.3 is 6.03 Å². The Morgan fingerprint density at radius 1 is 1.07 bits per heavy atom. The maximum absolute atomic E-state index is 13.2. The third kappa shape index (κ3) is 3.49. The van der Waals surface area contributed by atoms with Crippen LogP contribution in [0.1, 0.15) is 23.4 Å². The highest BCUT2D eigenvalue weighted by Crippen LogP contribution is 2.32. The van der Waals surface area contributed by atoms with Crippen LogP contribution < -0.4 is 0 Å². The van der Waals surface area contributed by atoms with Crippen LogP contribution in [0.2, 0.25) is 5.02 Å². The van der Waals surface area contributed by atoms with Crippen molar-refractivity contribution in [2.75, 3.05) is 33.7 Å². The predicted molar refractivity (Wildman–Crippen MR) is 107 cm³/mol. The third-order valence-corrected chi connectivity index (χ3v) is 5.91. The normalized spacial score (nSPS) is 21.5. The van der Waals surface area contributed by atoms with Crippen molar-refractivity contribution in [2.24, 2.45) is 5.92 Å². The quantitative estimate of drug-likeness (QED) is 0.768. The maximum Gasteiger partial charge on any atom is 0.319 e. The van der Waals surface area contributed by atoms with E-state index in [1.807, 2.05) is 28.0 Å². The molecule has 0 spiro atoms. The van der Waals surface area contributed by atoms with Crippen molar-refractivity contribution in [3.8, 4) is 11.3 Å². The minimum absolute atomic E-state index is 0.00482. The van der Waals surface area contributed by atoms with Gasteiger partial charge in [-0.3, -0.25) is 4.79 Å². The molecule has 3 saturated heterocycles. The molecule has 0 radical (unpaired) electrons. The second-order valence-electron chi connectivity index (χ2n) is 7.78. The van der Waals surface area contributed by atoms with Gasteiger partial charge in [-0.1, -0.05) is 23.7 Å². The van der Waals surface area contributed by atoms with Crippen molar-refractivity contribution in [3.63, 3.8) is 0 Å². The molecule has 0 unspecified atom stereocenters. The molecule has 2 atom stereocenters. The van der Waals surface area contributed by atoms with Crippen LogP contribution in [-0.2, 0) is 0 Å². The molecule has 4 heterocycles. The first kappa shape index (κ1) is 18.9. The van der Waals surface area contributed by atoms with E-state index in [4.69, 9.17) is 16.0 Å². The molecule has 3 aliphatic rings. The largest absolute Gasteiger partial charge is 0.451 e. The zero-order valence-corrected chi connectivity index (χ0v) is 16.9. The van der Waals surface area contributed by atoms with Gasteiger partial charge in [-0.05, 0) is 43.0 Å². The van der Waals surface area contributed by atoms with Gasteiger partial charge in [0.15, 0.2) is 5.76 Å². The molecule has 0 N–H and O–H groups in total. The average molecular weight is 402 g/mol. The van der Waals surface area contributed by atoms with E-state index in [0.717, 1.165) is 18.4 Å². The number of rotatable bonds is 2. The smallest absolute Gasteiger partial charge is 0.319 e. The van der Waals surface area contributed by atoms with Gasteiger partial charge in [0.2, 0.25) is 0 Å². The van der Waals surface area contributed by atoms with Gasteiger partial charge in [0.1, 0.15) is 5.76 Å². The summed E-state index contributed by atoms with van der Waals surface area (Å²) in [6.07, 6.45) is 1.94. The van der Waals surface area contributed by atoms with Crippen LogP contribution in [0.3, 0.4) is 0 Å². The van der Waals surface area contributed by atoms with Crippen LogP contribution in [-0.4, -0.2) is 66.4 Å². The second-order valence-corrected chi connectivity index (χ2v) is 8.19. The summed E-state index contributed by atoms with van der Waals surface area (Å²) < 4.78 is 5.86. The lowest BCUT2D eigenvalue weighted by molar-refractivity contribution is 0.0554. The van der Waals surface area contributed by atoms with E-state index in [2.05, 4.69) is 0 Å². The number of furan rings is 1. The summed E-state index contributed by atoms with van der Waals surface area (Å²) in [6, 6.07) is 10.9. The van der Waals surface area contributed by atoms with Crippen molar-refractivity contribution in [3.05, 3.63) is 47.2 Å². The first-order chi connectivity index (χ1) is 13.4. The number of urea groups is 1. The summed E-state index contributed by atoms with van der Waals surface area (Å²) in [5.41, 5.74) is 0.767. The van der Waals surface area contributed by atoms with E-state index in [1.165, 1.54) is 0 Å². The van der Waals surface area contributed by atoms with Crippen LogP contribution in [0.4, 0.5) is 4.79 Å². The molecule has 3 aliphatic heterocycles. The second kappa shape index (κ2) is 7.51. The highest BCUT2D eigenvalue weighted by atomic mass is 35.5. The first-order valence-corrected chi connectivity index (χ1v) is 9.93. The van der Waals surface area contributed by atoms with Crippen molar-refractivity contribution >= 4 is 23.5 Å². The standard InChI is InChI=1S/C21H24ClN3O3/c1-23(2)21(27)24-11-14-7-8-15(13-24)25(12-14)20(26)19-10-9-18(28-19)16-5-3-4-6-17(16)22/h3-6,9-10,14-15H,7-8,11-13H2,1-2H3/t14-,15+/m1/s1. The number of carbonyl (C=O) groups excluding carboxylic acids is 2. The Morgan fingerprint density at radius 2 is 1.86 bits per heavy atom. The van der Waals surface area contributed by atoms with Gasteiger partial charge in [-0.15, -0.1) is 0 Å². The predicted octanol–water partition coefficient (Wildman–Crippen LogP) is 3.82. The van der Waals surface area contributed by atoms with E-state index < -0.39 is 0 Å². The Kier molecular flexibility index (Phi) is 5.06. The van der Waals surface area contributed by atoms with Crippen molar-refractivity contribution in [1.82, 2.24) is 14.7 Å². The van der Waals surface area contributed by atoms with Gasteiger partial charge in [-0.2, -0.15) is 0 Å². The van der Waals surface area contributed by atoms with E-state index in [1.54, 1.807) is 37.2 Å². The number of carbonyl (C=O) groups is 2. The van der Waals surface area contributed by atoms with Crippen molar-refractivity contribution in [2.45, 2.75) is 18.9 Å². The maximum atomic E-state index is 13.2. The fraction of sp³-hybridized carbons (Fsp3) is 0.429. The monoisotopic (exact) mass is 401 g/mol. The highest BCUT2D eigenvalue weighted by Gasteiger charge is 2.39. The lowest BCUT2D eigenvalue weighted by atomic mass is 9.95.